The number of hydrogen-bond donors (Lipinski definition) is 1. The van der Waals surface area contributed by atoms with E-state index in [4.69, 9.17) is 10.5 Å². The Morgan fingerprint density at radius 1 is 1.46 bits per heavy atom. The summed E-state index contributed by atoms with van der Waals surface area (Å²) in [6, 6.07) is 1.24. The van der Waals surface area contributed by atoms with E-state index in [1.807, 2.05) is 0 Å². The van der Waals surface area contributed by atoms with Crippen LogP contribution in [0.3, 0.4) is 0 Å². The number of amides is 1. The van der Waals surface area contributed by atoms with Crippen LogP contribution in [0, 0.1) is 5.82 Å². The second-order valence-electron chi connectivity index (χ2n) is 5.80. The molecule has 0 bridgehead atoms. The zero-order valence-corrected chi connectivity index (χ0v) is 13.7. The van der Waals surface area contributed by atoms with Crippen molar-refractivity contribution >= 4 is 28.7 Å². The topological polar surface area (TPSA) is 112 Å². The highest BCUT2D eigenvalue weighted by atomic mass is 32.2. The molecular weight excluding hydrogens is 339 g/mol. The maximum Gasteiger partial charge on any atom is 0.414 e. The summed E-state index contributed by atoms with van der Waals surface area (Å²) in [7, 11) is 0. The van der Waals surface area contributed by atoms with Crippen LogP contribution >= 0.6 is 0 Å². The zero-order chi connectivity index (χ0) is 17.3. The second-order valence-corrected chi connectivity index (χ2v) is 6.99. The monoisotopic (exact) mass is 357 g/mol. The zero-order valence-electron chi connectivity index (χ0n) is 12.9. The molecule has 2 aliphatic rings. The van der Waals surface area contributed by atoms with E-state index in [0.717, 1.165) is 0 Å². The number of nitrogens with zero attached hydrogens (tertiary/aromatic N) is 3. The van der Waals surface area contributed by atoms with Gasteiger partial charge < -0.3 is 19.9 Å². The first kappa shape index (κ1) is 17.1. The first-order valence-electron chi connectivity index (χ1n) is 7.66. The van der Waals surface area contributed by atoms with Gasteiger partial charge in [-0.15, -0.1) is 0 Å². The molecule has 0 radical (unpaired) electrons. The van der Waals surface area contributed by atoms with Crippen molar-refractivity contribution in [2.45, 2.75) is 24.2 Å². The van der Waals surface area contributed by atoms with Gasteiger partial charge in [0.05, 0.1) is 18.4 Å². The number of cyclic esters (lactones) is 1. The minimum Gasteiger partial charge on any atom is -0.772 e. The van der Waals surface area contributed by atoms with Crippen molar-refractivity contribution in [3.8, 4) is 0 Å². The van der Waals surface area contributed by atoms with Crippen molar-refractivity contribution in [1.29, 1.82) is 0 Å². The molecule has 2 atom stereocenters. The van der Waals surface area contributed by atoms with Crippen LogP contribution in [0.2, 0.25) is 0 Å². The highest BCUT2D eigenvalue weighted by molar-refractivity contribution is 7.79. The molecule has 24 heavy (non-hydrogen) atoms. The quantitative estimate of drug-likeness (QED) is 0.774. The smallest absolute Gasteiger partial charge is 0.414 e. The van der Waals surface area contributed by atoms with Crippen LogP contribution in [-0.2, 0) is 15.8 Å². The molecule has 10 heteroatoms. The number of halogens is 1. The molecule has 1 amide bonds. The Morgan fingerprint density at radius 2 is 2.17 bits per heavy atom. The Morgan fingerprint density at radius 3 is 2.71 bits per heavy atom. The fraction of sp³-hybridized carbons (Fsp3) is 0.571. The molecule has 2 N–H and O–H groups in total. The summed E-state index contributed by atoms with van der Waals surface area (Å²) >= 11 is -2.10. The van der Waals surface area contributed by atoms with Crippen molar-refractivity contribution in [3.05, 3.63) is 18.1 Å². The van der Waals surface area contributed by atoms with E-state index in [1.54, 1.807) is 4.90 Å². The molecule has 1 unspecified atom stereocenters. The summed E-state index contributed by atoms with van der Waals surface area (Å²) < 4.78 is 41.4. The molecule has 0 spiro atoms. The lowest BCUT2D eigenvalue weighted by Gasteiger charge is -2.33. The Labute approximate surface area is 141 Å². The summed E-state index contributed by atoms with van der Waals surface area (Å²) in [5.41, 5.74) is 5.79. The number of aromatic nitrogens is 1. The molecule has 2 saturated heterocycles. The van der Waals surface area contributed by atoms with Gasteiger partial charge in [0.15, 0.2) is 11.6 Å². The molecular formula is C14H18FN4O4S-. The van der Waals surface area contributed by atoms with Crippen molar-refractivity contribution in [3.63, 3.8) is 0 Å². The van der Waals surface area contributed by atoms with Crippen LogP contribution in [0.5, 0.6) is 0 Å². The summed E-state index contributed by atoms with van der Waals surface area (Å²) in [5.74, 6) is -0.394. The third-order valence-corrected chi connectivity index (χ3v) is 5.29. The Balaban J connectivity index is 1.72. The number of rotatable bonds is 4. The standard InChI is InChI=1S/C14H19FN4O4S/c15-12-5-9(19-8-10(6-16)23-14(19)20)7-17-13(12)18-3-1-11(2-4-18)24(21)22/h5,7,10-11H,1-4,6,8,16H2,(H,21,22)/p-1/t10-/m0/s1. The summed E-state index contributed by atoms with van der Waals surface area (Å²) in [5, 5.41) is -0.392. The summed E-state index contributed by atoms with van der Waals surface area (Å²) in [6.07, 6.45) is 1.31. The van der Waals surface area contributed by atoms with E-state index in [1.165, 1.54) is 17.2 Å². The van der Waals surface area contributed by atoms with Crippen molar-refractivity contribution in [2.75, 3.05) is 36.0 Å². The van der Waals surface area contributed by atoms with Gasteiger partial charge in [0.25, 0.3) is 0 Å². The van der Waals surface area contributed by atoms with Crippen molar-refractivity contribution < 1.29 is 22.7 Å². The predicted molar refractivity (Wildman–Crippen MR) is 85.0 cm³/mol. The lowest BCUT2D eigenvalue weighted by molar-refractivity contribution is 0.145. The maximum atomic E-state index is 14.4. The molecule has 3 heterocycles. The second kappa shape index (κ2) is 6.99. The number of ether oxygens (including phenoxy) is 1. The molecule has 1 aromatic heterocycles. The molecule has 0 aromatic carbocycles. The highest BCUT2D eigenvalue weighted by Gasteiger charge is 2.32. The van der Waals surface area contributed by atoms with Gasteiger partial charge >= 0.3 is 6.09 Å². The largest absolute Gasteiger partial charge is 0.772 e. The Hall–Kier alpha value is -1.78. The first-order valence-corrected chi connectivity index (χ1v) is 8.80. The lowest BCUT2D eigenvalue weighted by atomic mass is 10.1. The van der Waals surface area contributed by atoms with Gasteiger partial charge in [0, 0.05) is 31.0 Å². The molecule has 0 saturated carbocycles. The van der Waals surface area contributed by atoms with Gasteiger partial charge in [-0.2, -0.15) is 0 Å². The molecule has 1 aromatic rings. The van der Waals surface area contributed by atoms with Gasteiger partial charge in [-0.05, 0) is 12.8 Å². The van der Waals surface area contributed by atoms with E-state index >= 15 is 0 Å². The van der Waals surface area contributed by atoms with Crippen molar-refractivity contribution in [1.82, 2.24) is 4.98 Å². The summed E-state index contributed by atoms with van der Waals surface area (Å²) in [4.78, 5) is 18.9. The van der Waals surface area contributed by atoms with Crippen LogP contribution in [0.15, 0.2) is 12.3 Å². The average Bonchev–Trinajstić information content (AvgIpc) is 2.96. The van der Waals surface area contributed by atoms with Crippen LogP contribution in [-0.4, -0.2) is 57.4 Å². The van der Waals surface area contributed by atoms with Gasteiger partial charge in [-0.3, -0.25) is 9.11 Å². The number of carbonyl (C=O) groups is 1. The van der Waals surface area contributed by atoms with Crippen LogP contribution in [0.25, 0.3) is 0 Å². The highest BCUT2D eigenvalue weighted by Crippen LogP contribution is 2.27. The van der Waals surface area contributed by atoms with E-state index < -0.39 is 34.3 Å². The summed E-state index contributed by atoms with van der Waals surface area (Å²) in [6.45, 7) is 1.30. The third-order valence-electron chi connectivity index (χ3n) is 4.27. The molecule has 2 fully saturated rings. The normalized spacial score (nSPS) is 23.5. The van der Waals surface area contributed by atoms with Gasteiger partial charge in [-0.1, -0.05) is 11.1 Å². The van der Waals surface area contributed by atoms with Gasteiger partial charge in [0.1, 0.15) is 6.10 Å². The van der Waals surface area contributed by atoms with E-state index in [2.05, 4.69) is 4.98 Å². The fourth-order valence-electron chi connectivity index (χ4n) is 2.92. The predicted octanol–water partition coefficient (Wildman–Crippen LogP) is 0.353. The number of carbonyl (C=O) groups excluding carboxylic acids is 1. The third kappa shape index (κ3) is 3.35. The van der Waals surface area contributed by atoms with Crippen LogP contribution < -0.4 is 15.5 Å². The SMILES string of the molecule is NC[C@H]1CN(c2cnc(N3CCC(S(=O)[O-])CC3)c(F)c2)C(=O)O1. The van der Waals surface area contributed by atoms with Gasteiger partial charge in [-0.25, -0.2) is 14.2 Å². The van der Waals surface area contributed by atoms with Crippen LogP contribution in [0.1, 0.15) is 12.8 Å². The van der Waals surface area contributed by atoms with Crippen LogP contribution in [0.4, 0.5) is 20.7 Å². The van der Waals surface area contributed by atoms with E-state index in [-0.39, 0.29) is 18.9 Å². The lowest BCUT2D eigenvalue weighted by Crippen LogP contribution is -2.38. The van der Waals surface area contributed by atoms with Gasteiger partial charge in [0.2, 0.25) is 0 Å². The molecule has 2 aliphatic heterocycles. The minimum absolute atomic E-state index is 0.164. The minimum atomic E-state index is -2.10. The van der Waals surface area contributed by atoms with E-state index in [0.29, 0.717) is 31.6 Å². The Bertz CT molecular complexity index is 654. The maximum absolute atomic E-state index is 14.4. The molecule has 3 rings (SSSR count). The number of anilines is 2. The Kier molecular flexibility index (Phi) is 4.97. The molecule has 132 valence electrons. The number of pyridine rings is 1. The fourth-order valence-corrected chi connectivity index (χ4v) is 3.51. The number of hydrogen-bond acceptors (Lipinski definition) is 7. The first-order chi connectivity index (χ1) is 11.5. The molecule has 8 nitrogen and oxygen atoms in total. The van der Waals surface area contributed by atoms with E-state index in [9.17, 15) is 17.9 Å². The average molecular weight is 357 g/mol. The number of nitrogens with two attached hydrogens (primary N) is 1. The molecule has 0 aliphatic carbocycles. The van der Waals surface area contributed by atoms with Crippen molar-refractivity contribution in [2.24, 2.45) is 5.73 Å². The number of piperidine rings is 1.